The van der Waals surface area contributed by atoms with Crippen LogP contribution in [-0.2, 0) is 4.74 Å². The first-order valence-corrected chi connectivity index (χ1v) is 8.71. The van der Waals surface area contributed by atoms with Crippen molar-refractivity contribution >= 4 is 0 Å². The molecule has 2 rings (SSSR count). The molecule has 21 heavy (non-hydrogen) atoms. The van der Waals surface area contributed by atoms with Crippen molar-refractivity contribution in [1.82, 2.24) is 5.32 Å². The van der Waals surface area contributed by atoms with Crippen molar-refractivity contribution in [2.24, 2.45) is 17.3 Å². The lowest BCUT2D eigenvalue weighted by atomic mass is 9.85. The van der Waals surface area contributed by atoms with Crippen LogP contribution in [-0.4, -0.2) is 37.5 Å². The fraction of sp³-hybridized carbons (Fsp3) is 0.889. The maximum atomic E-state index is 10.0. The number of aliphatic hydroxyl groups excluding tert-OH is 1. The Bertz CT molecular complexity index is 323. The van der Waals surface area contributed by atoms with Gasteiger partial charge < -0.3 is 15.2 Å². The lowest BCUT2D eigenvalue weighted by molar-refractivity contribution is 0.0121. The summed E-state index contributed by atoms with van der Waals surface area (Å²) >= 11 is 0. The normalized spacial score (nSPS) is 29.7. The van der Waals surface area contributed by atoms with E-state index in [2.05, 4.69) is 31.3 Å². The van der Waals surface area contributed by atoms with Crippen LogP contribution < -0.4 is 5.32 Å². The number of hydrogen-bond acceptors (Lipinski definition) is 3. The third kappa shape index (κ3) is 5.72. The molecule has 122 valence electrons. The first kappa shape index (κ1) is 17.0. The van der Waals surface area contributed by atoms with Crippen LogP contribution in [0.2, 0.25) is 0 Å². The molecule has 3 unspecified atom stereocenters. The molecular formula is C18H33NO2. The molecule has 0 aromatic rings. The highest BCUT2D eigenvalue weighted by atomic mass is 16.5. The summed E-state index contributed by atoms with van der Waals surface area (Å²) < 4.78 is 5.73. The van der Waals surface area contributed by atoms with Gasteiger partial charge in [0.25, 0.3) is 0 Å². The highest BCUT2D eigenvalue weighted by molar-refractivity contribution is 4.93. The highest BCUT2D eigenvalue weighted by Gasteiger charge is 2.28. The number of aliphatic hydroxyl groups is 1. The number of ether oxygens (including phenoxy) is 1. The van der Waals surface area contributed by atoms with Gasteiger partial charge in [0.2, 0.25) is 0 Å². The van der Waals surface area contributed by atoms with Crippen LogP contribution >= 0.6 is 0 Å². The SMILES string of the molecule is CC1CC=CCC1COCC(O)CNCC1(C)CCCC1. The van der Waals surface area contributed by atoms with Gasteiger partial charge in [0.1, 0.15) is 0 Å². The topological polar surface area (TPSA) is 41.5 Å². The van der Waals surface area contributed by atoms with Gasteiger partial charge in [-0.3, -0.25) is 0 Å². The van der Waals surface area contributed by atoms with E-state index in [1.165, 1.54) is 25.7 Å². The molecule has 0 amide bonds. The fourth-order valence-electron chi connectivity index (χ4n) is 3.60. The Morgan fingerprint density at radius 3 is 2.71 bits per heavy atom. The molecule has 2 aliphatic carbocycles. The average molecular weight is 295 g/mol. The summed E-state index contributed by atoms with van der Waals surface area (Å²) in [6, 6.07) is 0. The molecule has 0 radical (unpaired) electrons. The molecule has 0 heterocycles. The lowest BCUT2D eigenvalue weighted by Gasteiger charge is -2.26. The second-order valence-electron chi connectivity index (χ2n) is 7.52. The molecule has 0 aromatic heterocycles. The monoisotopic (exact) mass is 295 g/mol. The summed E-state index contributed by atoms with van der Waals surface area (Å²) in [6.45, 7) is 7.55. The van der Waals surface area contributed by atoms with Crippen LogP contribution in [0.25, 0.3) is 0 Å². The van der Waals surface area contributed by atoms with Crippen LogP contribution in [0.5, 0.6) is 0 Å². The van der Waals surface area contributed by atoms with Crippen LogP contribution in [0.1, 0.15) is 52.4 Å². The molecule has 2 aliphatic rings. The number of rotatable bonds is 8. The van der Waals surface area contributed by atoms with Crippen molar-refractivity contribution in [1.29, 1.82) is 0 Å². The standard InChI is InChI=1S/C18H33NO2/c1-15-7-3-4-8-16(15)12-21-13-17(20)11-19-14-18(2)9-5-6-10-18/h3-4,15-17,19-20H,5-14H2,1-2H3. The van der Waals surface area contributed by atoms with Crippen molar-refractivity contribution in [2.75, 3.05) is 26.3 Å². The zero-order valence-corrected chi connectivity index (χ0v) is 13.8. The van der Waals surface area contributed by atoms with Gasteiger partial charge in [0.15, 0.2) is 0 Å². The second-order valence-corrected chi connectivity index (χ2v) is 7.52. The van der Waals surface area contributed by atoms with Crippen LogP contribution in [0.15, 0.2) is 12.2 Å². The summed E-state index contributed by atoms with van der Waals surface area (Å²) in [5.41, 5.74) is 0.449. The van der Waals surface area contributed by atoms with E-state index in [9.17, 15) is 5.11 Å². The molecule has 2 N–H and O–H groups in total. The van der Waals surface area contributed by atoms with Gasteiger partial charge in [-0.15, -0.1) is 0 Å². The van der Waals surface area contributed by atoms with E-state index in [-0.39, 0.29) is 6.10 Å². The number of nitrogens with one attached hydrogen (secondary N) is 1. The average Bonchev–Trinajstić information content (AvgIpc) is 2.88. The Balaban J connectivity index is 1.53. The van der Waals surface area contributed by atoms with Gasteiger partial charge in [-0.1, -0.05) is 38.8 Å². The molecule has 0 spiro atoms. The molecule has 0 bridgehead atoms. The molecule has 0 aliphatic heterocycles. The third-order valence-corrected chi connectivity index (χ3v) is 5.30. The maximum absolute atomic E-state index is 10.0. The number of hydrogen-bond donors (Lipinski definition) is 2. The predicted molar refractivity (Wildman–Crippen MR) is 87.3 cm³/mol. The van der Waals surface area contributed by atoms with E-state index in [1.54, 1.807) is 0 Å². The van der Waals surface area contributed by atoms with Gasteiger partial charge in [0.05, 0.1) is 19.3 Å². The van der Waals surface area contributed by atoms with Crippen molar-refractivity contribution in [3.05, 3.63) is 12.2 Å². The molecule has 0 aromatic carbocycles. The first-order valence-electron chi connectivity index (χ1n) is 8.71. The van der Waals surface area contributed by atoms with Crippen molar-refractivity contribution in [3.63, 3.8) is 0 Å². The largest absolute Gasteiger partial charge is 0.389 e. The van der Waals surface area contributed by atoms with Gasteiger partial charge in [-0.25, -0.2) is 0 Å². The van der Waals surface area contributed by atoms with Gasteiger partial charge in [-0.05, 0) is 42.9 Å². The predicted octanol–water partition coefficient (Wildman–Crippen LogP) is 3.14. The third-order valence-electron chi connectivity index (χ3n) is 5.30. The summed E-state index contributed by atoms with van der Waals surface area (Å²) in [5.74, 6) is 1.32. The van der Waals surface area contributed by atoms with Gasteiger partial charge >= 0.3 is 0 Å². The highest BCUT2D eigenvalue weighted by Crippen LogP contribution is 2.36. The van der Waals surface area contributed by atoms with Crippen LogP contribution in [0.3, 0.4) is 0 Å². The number of allylic oxidation sites excluding steroid dienone is 2. The van der Waals surface area contributed by atoms with Crippen molar-refractivity contribution < 1.29 is 9.84 Å². The van der Waals surface area contributed by atoms with E-state index >= 15 is 0 Å². The molecule has 1 saturated carbocycles. The minimum Gasteiger partial charge on any atom is -0.389 e. The molecule has 3 nitrogen and oxygen atoms in total. The minimum atomic E-state index is -0.385. The van der Waals surface area contributed by atoms with E-state index in [0.29, 0.717) is 30.4 Å². The van der Waals surface area contributed by atoms with Crippen molar-refractivity contribution in [3.8, 4) is 0 Å². The fourth-order valence-corrected chi connectivity index (χ4v) is 3.60. The molecular weight excluding hydrogens is 262 g/mol. The summed E-state index contributed by atoms with van der Waals surface area (Å²) in [4.78, 5) is 0. The Hall–Kier alpha value is -0.380. The quantitative estimate of drug-likeness (QED) is 0.676. The van der Waals surface area contributed by atoms with E-state index < -0.39 is 0 Å². The smallest absolute Gasteiger partial charge is 0.0897 e. The Labute approximate surface area is 130 Å². The molecule has 3 heteroatoms. The summed E-state index contributed by atoms with van der Waals surface area (Å²) in [5, 5.41) is 13.4. The van der Waals surface area contributed by atoms with Crippen molar-refractivity contribution in [2.45, 2.75) is 58.5 Å². The molecule has 3 atom stereocenters. The Morgan fingerprint density at radius 1 is 1.29 bits per heavy atom. The molecule has 0 saturated heterocycles. The van der Waals surface area contributed by atoms with E-state index in [1.807, 2.05) is 0 Å². The Morgan fingerprint density at radius 2 is 2.00 bits per heavy atom. The zero-order chi connectivity index (χ0) is 15.1. The second kappa shape index (κ2) is 8.30. The molecule has 1 fully saturated rings. The summed E-state index contributed by atoms with van der Waals surface area (Å²) in [7, 11) is 0. The summed E-state index contributed by atoms with van der Waals surface area (Å²) in [6.07, 6.45) is 11.8. The van der Waals surface area contributed by atoms with Gasteiger partial charge in [-0.2, -0.15) is 0 Å². The lowest BCUT2D eigenvalue weighted by Crippen LogP contribution is -2.37. The van der Waals surface area contributed by atoms with E-state index in [0.717, 1.165) is 26.0 Å². The maximum Gasteiger partial charge on any atom is 0.0897 e. The van der Waals surface area contributed by atoms with Crippen LogP contribution in [0, 0.1) is 17.3 Å². The van der Waals surface area contributed by atoms with E-state index in [4.69, 9.17) is 4.74 Å². The zero-order valence-electron chi connectivity index (χ0n) is 13.8. The van der Waals surface area contributed by atoms with Gasteiger partial charge in [0, 0.05) is 13.1 Å². The Kier molecular flexibility index (Phi) is 6.72. The first-order chi connectivity index (χ1) is 10.1. The van der Waals surface area contributed by atoms with Crippen LogP contribution in [0.4, 0.5) is 0 Å². The minimum absolute atomic E-state index is 0.385.